The van der Waals surface area contributed by atoms with E-state index in [4.69, 9.17) is 27.9 Å². The number of aromatic nitrogens is 2. The normalized spacial score (nSPS) is 27.9. The molecular weight excluding hydrogens is 273 g/mol. The smallest absolute Gasteiger partial charge is 0.227 e. The van der Waals surface area contributed by atoms with E-state index in [1.807, 2.05) is 6.92 Å². The molecule has 0 spiro atoms. The van der Waals surface area contributed by atoms with E-state index in [0.29, 0.717) is 11.8 Å². The lowest BCUT2D eigenvalue weighted by atomic mass is 9.94. The van der Waals surface area contributed by atoms with Gasteiger partial charge in [-0.2, -0.15) is 4.98 Å². The predicted molar refractivity (Wildman–Crippen MR) is 73.3 cm³/mol. The molecular formula is C12H16Cl2N3O. The van der Waals surface area contributed by atoms with Gasteiger partial charge in [-0.1, -0.05) is 11.6 Å². The zero-order valence-corrected chi connectivity index (χ0v) is 11.9. The Bertz CT molecular complexity index is 430. The Hall–Kier alpha value is -0.740. The number of rotatable bonds is 3. The Balaban J connectivity index is 2.17. The molecule has 4 nitrogen and oxygen atoms in total. The average Bonchev–Trinajstić information content (AvgIpc) is 2.36. The lowest BCUT2D eigenvalue weighted by molar-refractivity contribution is 0.393. The fourth-order valence-electron chi connectivity index (χ4n) is 1.94. The van der Waals surface area contributed by atoms with Crippen LogP contribution in [0.15, 0.2) is 6.20 Å². The van der Waals surface area contributed by atoms with Gasteiger partial charge in [0.25, 0.3) is 0 Å². The molecule has 0 aromatic carbocycles. The summed E-state index contributed by atoms with van der Waals surface area (Å²) in [4.78, 5) is 7.77. The molecule has 2 unspecified atom stereocenters. The molecule has 1 N–H and O–H groups in total. The largest absolute Gasteiger partial charge is 0.481 e. The Morgan fingerprint density at radius 3 is 3.00 bits per heavy atom. The van der Waals surface area contributed by atoms with E-state index in [1.165, 1.54) is 0 Å². The van der Waals surface area contributed by atoms with E-state index in [1.54, 1.807) is 13.3 Å². The van der Waals surface area contributed by atoms with Crippen molar-refractivity contribution in [3.8, 4) is 5.88 Å². The van der Waals surface area contributed by atoms with Crippen molar-refractivity contribution in [2.45, 2.75) is 36.6 Å². The summed E-state index contributed by atoms with van der Waals surface area (Å²) >= 11 is 12.8. The SMILES string of the molecule is COc1nc(NC2(Cl)CC[CH]CC2Cl)ncc1C. The highest BCUT2D eigenvalue weighted by molar-refractivity contribution is 6.33. The maximum absolute atomic E-state index is 6.51. The third-order valence-electron chi connectivity index (χ3n) is 3.02. The van der Waals surface area contributed by atoms with Gasteiger partial charge >= 0.3 is 0 Å². The van der Waals surface area contributed by atoms with Gasteiger partial charge in [0.05, 0.1) is 12.5 Å². The molecule has 1 aromatic heterocycles. The summed E-state index contributed by atoms with van der Waals surface area (Å²) in [6.45, 7) is 1.89. The summed E-state index contributed by atoms with van der Waals surface area (Å²) in [5.41, 5.74) is 0.881. The van der Waals surface area contributed by atoms with Crippen LogP contribution in [0.2, 0.25) is 0 Å². The molecule has 1 aliphatic rings. The molecule has 6 heteroatoms. The van der Waals surface area contributed by atoms with Crippen LogP contribution in [0, 0.1) is 13.3 Å². The van der Waals surface area contributed by atoms with Crippen molar-refractivity contribution in [3.63, 3.8) is 0 Å². The van der Waals surface area contributed by atoms with E-state index in [-0.39, 0.29) is 5.38 Å². The summed E-state index contributed by atoms with van der Waals surface area (Å²) in [5, 5.41) is 2.94. The van der Waals surface area contributed by atoms with Gasteiger partial charge in [-0.3, -0.25) is 0 Å². The second kappa shape index (κ2) is 5.49. The topological polar surface area (TPSA) is 47.0 Å². The minimum atomic E-state index is -0.698. The number of methoxy groups -OCH3 is 1. The van der Waals surface area contributed by atoms with Gasteiger partial charge in [0.2, 0.25) is 11.8 Å². The van der Waals surface area contributed by atoms with E-state index >= 15 is 0 Å². The van der Waals surface area contributed by atoms with E-state index < -0.39 is 5.00 Å². The van der Waals surface area contributed by atoms with Gasteiger partial charge in [-0.15, -0.1) is 11.6 Å². The summed E-state index contributed by atoms with van der Waals surface area (Å²) in [6, 6.07) is 0. The van der Waals surface area contributed by atoms with E-state index in [2.05, 4.69) is 21.7 Å². The lowest BCUT2D eigenvalue weighted by Gasteiger charge is -2.36. The van der Waals surface area contributed by atoms with Crippen LogP contribution in [0.5, 0.6) is 5.88 Å². The van der Waals surface area contributed by atoms with Crippen molar-refractivity contribution >= 4 is 29.2 Å². The van der Waals surface area contributed by atoms with Crippen LogP contribution in [0.1, 0.15) is 24.8 Å². The number of hydrogen-bond donors (Lipinski definition) is 1. The second-order valence-electron chi connectivity index (χ2n) is 4.40. The molecule has 2 atom stereocenters. The standard InChI is InChI=1S/C12H16Cl2N3O/c1-8-7-15-11(16-10(8)18-2)17-12(14)6-4-3-5-9(12)13/h3,7,9H,4-6H2,1-2H3,(H,15,16,17). The first-order valence-corrected chi connectivity index (χ1v) is 6.67. The number of nitrogens with one attached hydrogen (secondary N) is 1. The van der Waals surface area contributed by atoms with Crippen molar-refractivity contribution in [1.82, 2.24) is 9.97 Å². The average molecular weight is 289 g/mol. The molecule has 1 aliphatic carbocycles. The monoisotopic (exact) mass is 288 g/mol. The van der Waals surface area contributed by atoms with Gasteiger partial charge in [0, 0.05) is 11.8 Å². The molecule has 1 radical (unpaired) electrons. The number of ether oxygens (including phenoxy) is 1. The highest BCUT2D eigenvalue weighted by atomic mass is 35.5. The fourth-order valence-corrected chi connectivity index (χ4v) is 2.51. The highest BCUT2D eigenvalue weighted by Gasteiger charge is 2.38. The van der Waals surface area contributed by atoms with Crippen molar-refractivity contribution < 1.29 is 4.74 Å². The van der Waals surface area contributed by atoms with Crippen LogP contribution in [0.4, 0.5) is 5.95 Å². The molecule has 2 rings (SSSR count). The molecule has 1 fully saturated rings. The van der Waals surface area contributed by atoms with Crippen molar-refractivity contribution in [3.05, 3.63) is 18.2 Å². The first kappa shape index (κ1) is 13.7. The third kappa shape index (κ3) is 2.81. The van der Waals surface area contributed by atoms with Crippen LogP contribution >= 0.6 is 23.2 Å². The minimum Gasteiger partial charge on any atom is -0.481 e. The fraction of sp³-hybridized carbons (Fsp3) is 0.583. The number of halogens is 2. The maximum Gasteiger partial charge on any atom is 0.227 e. The minimum absolute atomic E-state index is 0.177. The van der Waals surface area contributed by atoms with Crippen molar-refractivity contribution in [1.29, 1.82) is 0 Å². The van der Waals surface area contributed by atoms with Crippen LogP contribution in [0.3, 0.4) is 0 Å². The highest BCUT2D eigenvalue weighted by Crippen LogP contribution is 2.37. The quantitative estimate of drug-likeness (QED) is 0.686. The lowest BCUT2D eigenvalue weighted by Crippen LogP contribution is -2.44. The molecule has 99 valence electrons. The molecule has 0 saturated heterocycles. The Kier molecular flexibility index (Phi) is 4.17. The number of hydrogen-bond acceptors (Lipinski definition) is 4. The third-order valence-corrected chi connectivity index (χ3v) is 4.23. The number of alkyl halides is 2. The molecule has 1 aromatic rings. The van der Waals surface area contributed by atoms with Gasteiger partial charge in [-0.05, 0) is 32.6 Å². The summed E-state index contributed by atoms with van der Waals surface area (Å²) in [5.74, 6) is 0.987. The van der Waals surface area contributed by atoms with Crippen LogP contribution in [0.25, 0.3) is 0 Å². The first-order chi connectivity index (χ1) is 8.55. The first-order valence-electron chi connectivity index (χ1n) is 5.85. The van der Waals surface area contributed by atoms with Gasteiger partial charge in [0.15, 0.2) is 0 Å². The molecule has 0 bridgehead atoms. The van der Waals surface area contributed by atoms with E-state index in [0.717, 1.165) is 24.8 Å². The van der Waals surface area contributed by atoms with Crippen molar-refractivity contribution in [2.24, 2.45) is 0 Å². The molecule has 0 amide bonds. The zero-order valence-electron chi connectivity index (χ0n) is 10.4. The maximum atomic E-state index is 6.51. The summed E-state index contributed by atoms with van der Waals surface area (Å²) in [6.07, 6.45) is 6.31. The Labute approximate surface area is 117 Å². The summed E-state index contributed by atoms with van der Waals surface area (Å²) < 4.78 is 5.16. The zero-order chi connectivity index (χ0) is 13.2. The Morgan fingerprint density at radius 2 is 2.33 bits per heavy atom. The molecule has 1 heterocycles. The predicted octanol–water partition coefficient (Wildman–Crippen LogP) is 3.14. The van der Waals surface area contributed by atoms with Crippen LogP contribution in [-0.2, 0) is 0 Å². The van der Waals surface area contributed by atoms with Crippen LogP contribution in [-0.4, -0.2) is 27.5 Å². The molecule has 1 saturated carbocycles. The molecule has 18 heavy (non-hydrogen) atoms. The second-order valence-corrected chi connectivity index (χ2v) is 5.61. The molecule has 0 aliphatic heterocycles. The van der Waals surface area contributed by atoms with Crippen LogP contribution < -0.4 is 10.1 Å². The summed E-state index contributed by atoms with van der Waals surface area (Å²) in [7, 11) is 1.58. The van der Waals surface area contributed by atoms with Crippen molar-refractivity contribution in [2.75, 3.05) is 12.4 Å². The van der Waals surface area contributed by atoms with Gasteiger partial charge in [0.1, 0.15) is 5.00 Å². The Morgan fingerprint density at radius 1 is 1.56 bits per heavy atom. The van der Waals surface area contributed by atoms with E-state index in [9.17, 15) is 0 Å². The number of nitrogens with zero attached hydrogens (tertiary/aromatic N) is 2. The van der Waals surface area contributed by atoms with Gasteiger partial charge in [-0.25, -0.2) is 4.98 Å². The number of anilines is 1. The van der Waals surface area contributed by atoms with Gasteiger partial charge < -0.3 is 10.1 Å². The number of aryl methyl sites for hydroxylation is 1.